The number of hydrogen-bond donors (Lipinski definition) is 2. The van der Waals surface area contributed by atoms with Crippen LogP contribution in [0.5, 0.6) is 0 Å². The van der Waals surface area contributed by atoms with Gasteiger partial charge in [0.2, 0.25) is 0 Å². The number of esters is 1. The Kier molecular flexibility index (Phi) is 3.60. The molecule has 0 aliphatic carbocycles. The molecule has 0 saturated carbocycles. The molecule has 1 rings (SSSR count). The van der Waals surface area contributed by atoms with Gasteiger partial charge in [-0.3, -0.25) is 0 Å². The number of pyridine rings is 1. The van der Waals surface area contributed by atoms with Gasteiger partial charge in [-0.25, -0.2) is 14.6 Å². The molecule has 0 unspecified atom stereocenters. The fourth-order valence-corrected chi connectivity index (χ4v) is 1.00. The molecule has 6 nitrogen and oxygen atoms in total. The molecule has 84 valence electrons. The highest BCUT2D eigenvalue weighted by Gasteiger charge is 2.08. The molecule has 0 aliphatic heterocycles. The van der Waals surface area contributed by atoms with Gasteiger partial charge in [0.05, 0.1) is 12.8 Å². The van der Waals surface area contributed by atoms with Gasteiger partial charge in [0.15, 0.2) is 5.69 Å². The number of nitrogens with two attached hydrogens (primary N) is 1. The normalized spacial score (nSPS) is 10.3. The van der Waals surface area contributed by atoms with Crippen molar-refractivity contribution < 1.29 is 19.4 Å². The Morgan fingerprint density at radius 2 is 2.25 bits per heavy atom. The van der Waals surface area contributed by atoms with Crippen LogP contribution in [0.25, 0.3) is 6.08 Å². The monoisotopic (exact) mass is 222 g/mol. The third kappa shape index (κ3) is 2.81. The van der Waals surface area contributed by atoms with Gasteiger partial charge >= 0.3 is 11.9 Å². The lowest BCUT2D eigenvalue weighted by molar-refractivity contribution is -0.134. The van der Waals surface area contributed by atoms with E-state index in [2.05, 4.69) is 9.72 Å². The van der Waals surface area contributed by atoms with E-state index in [1.54, 1.807) is 0 Å². The Morgan fingerprint density at radius 3 is 2.75 bits per heavy atom. The number of methoxy groups -OCH3 is 1. The van der Waals surface area contributed by atoms with E-state index in [0.717, 1.165) is 0 Å². The van der Waals surface area contributed by atoms with Gasteiger partial charge in [0, 0.05) is 12.3 Å². The Bertz CT molecular complexity index is 454. The summed E-state index contributed by atoms with van der Waals surface area (Å²) in [5.41, 5.74) is 5.82. The van der Waals surface area contributed by atoms with Crippen LogP contribution in [-0.4, -0.2) is 29.1 Å². The van der Waals surface area contributed by atoms with Crippen LogP contribution in [-0.2, 0) is 9.53 Å². The highest BCUT2D eigenvalue weighted by Crippen LogP contribution is 2.12. The van der Waals surface area contributed by atoms with Gasteiger partial charge in [-0.15, -0.1) is 0 Å². The van der Waals surface area contributed by atoms with E-state index >= 15 is 0 Å². The fourth-order valence-electron chi connectivity index (χ4n) is 1.00. The maximum Gasteiger partial charge on any atom is 0.356 e. The summed E-state index contributed by atoms with van der Waals surface area (Å²) in [6.45, 7) is 0. The van der Waals surface area contributed by atoms with Crippen LogP contribution < -0.4 is 5.73 Å². The summed E-state index contributed by atoms with van der Waals surface area (Å²) in [6, 6.07) is 1.41. The second-order valence-corrected chi connectivity index (χ2v) is 2.87. The van der Waals surface area contributed by atoms with Gasteiger partial charge in [-0.1, -0.05) is 0 Å². The van der Waals surface area contributed by atoms with Gasteiger partial charge in [0.1, 0.15) is 0 Å². The lowest BCUT2D eigenvalue weighted by Gasteiger charge is -2.00. The number of nitrogens with zero attached hydrogens (tertiary/aromatic N) is 1. The van der Waals surface area contributed by atoms with Gasteiger partial charge < -0.3 is 15.6 Å². The number of carboxylic acid groups (broad SMARTS) is 1. The number of carbonyl (C=O) groups is 2. The van der Waals surface area contributed by atoms with Crippen LogP contribution in [0.15, 0.2) is 18.3 Å². The van der Waals surface area contributed by atoms with Crippen molar-refractivity contribution in [3.63, 3.8) is 0 Å². The first kappa shape index (κ1) is 11.7. The Hall–Kier alpha value is -2.37. The van der Waals surface area contributed by atoms with E-state index in [1.807, 2.05) is 0 Å². The van der Waals surface area contributed by atoms with E-state index in [0.29, 0.717) is 5.56 Å². The van der Waals surface area contributed by atoms with E-state index in [1.165, 1.54) is 31.5 Å². The number of carbonyl (C=O) groups excluding carboxylic acids is 1. The third-order valence-electron chi connectivity index (χ3n) is 1.75. The number of nitrogen functional groups attached to an aromatic ring is 1. The average Bonchev–Trinajstić information content (AvgIpc) is 2.25. The summed E-state index contributed by atoms with van der Waals surface area (Å²) in [5, 5.41) is 8.68. The third-order valence-corrected chi connectivity index (χ3v) is 1.75. The number of aromatic carboxylic acids is 1. The zero-order chi connectivity index (χ0) is 12.1. The molecule has 0 amide bonds. The van der Waals surface area contributed by atoms with Crippen LogP contribution >= 0.6 is 0 Å². The molecule has 0 saturated heterocycles. The van der Waals surface area contributed by atoms with E-state index in [4.69, 9.17) is 10.8 Å². The predicted octanol–water partition coefficient (Wildman–Crippen LogP) is 0.548. The Labute approximate surface area is 91.4 Å². The van der Waals surface area contributed by atoms with Crippen LogP contribution in [0.1, 0.15) is 16.1 Å². The lowest BCUT2D eigenvalue weighted by atomic mass is 10.2. The first-order valence-electron chi connectivity index (χ1n) is 4.29. The van der Waals surface area contributed by atoms with Crippen LogP contribution in [0.2, 0.25) is 0 Å². The number of rotatable bonds is 3. The molecular weight excluding hydrogens is 212 g/mol. The molecule has 3 N–H and O–H groups in total. The van der Waals surface area contributed by atoms with Crippen molar-refractivity contribution in [2.75, 3.05) is 12.8 Å². The molecule has 0 aliphatic rings. The Morgan fingerprint density at radius 1 is 1.56 bits per heavy atom. The molecule has 1 heterocycles. The molecule has 6 heteroatoms. The molecule has 0 bridgehead atoms. The summed E-state index contributed by atoms with van der Waals surface area (Å²) in [5.74, 6) is -1.71. The van der Waals surface area contributed by atoms with E-state index in [-0.39, 0.29) is 11.4 Å². The van der Waals surface area contributed by atoms with Gasteiger partial charge in [-0.05, 0) is 17.7 Å². The van der Waals surface area contributed by atoms with Crippen molar-refractivity contribution in [2.45, 2.75) is 0 Å². The Balaban J connectivity index is 2.94. The molecule has 0 radical (unpaired) electrons. The summed E-state index contributed by atoms with van der Waals surface area (Å²) in [4.78, 5) is 25.1. The first-order valence-corrected chi connectivity index (χ1v) is 4.29. The van der Waals surface area contributed by atoms with Crippen molar-refractivity contribution >= 4 is 23.7 Å². The maximum atomic E-state index is 10.8. The highest BCUT2D eigenvalue weighted by molar-refractivity contribution is 5.92. The largest absolute Gasteiger partial charge is 0.476 e. The minimum absolute atomic E-state index is 0.0412. The number of aromatic nitrogens is 1. The van der Waals surface area contributed by atoms with Gasteiger partial charge in [0.25, 0.3) is 0 Å². The SMILES string of the molecule is COC(=O)C=Cc1cnc(C(=O)O)c(N)c1. The number of ether oxygens (including phenoxy) is 1. The molecule has 0 aromatic carbocycles. The molecule has 0 atom stereocenters. The van der Waals surface area contributed by atoms with Crippen molar-refractivity contribution in [1.82, 2.24) is 4.98 Å². The van der Waals surface area contributed by atoms with E-state index < -0.39 is 11.9 Å². The molecule has 0 spiro atoms. The van der Waals surface area contributed by atoms with Crippen LogP contribution in [0.4, 0.5) is 5.69 Å². The smallest absolute Gasteiger partial charge is 0.356 e. The summed E-state index contributed by atoms with van der Waals surface area (Å²) >= 11 is 0. The lowest BCUT2D eigenvalue weighted by Crippen LogP contribution is -2.05. The quantitative estimate of drug-likeness (QED) is 0.571. The van der Waals surface area contributed by atoms with Crippen LogP contribution in [0, 0.1) is 0 Å². The number of hydrogen-bond acceptors (Lipinski definition) is 5. The summed E-state index contributed by atoms with van der Waals surface area (Å²) < 4.78 is 4.39. The van der Waals surface area contributed by atoms with Crippen molar-refractivity contribution in [3.8, 4) is 0 Å². The van der Waals surface area contributed by atoms with Gasteiger partial charge in [-0.2, -0.15) is 0 Å². The molecule has 1 aromatic rings. The minimum atomic E-state index is -1.19. The summed E-state index contributed by atoms with van der Waals surface area (Å²) in [7, 11) is 1.26. The average molecular weight is 222 g/mol. The molecule has 0 fully saturated rings. The fraction of sp³-hybridized carbons (Fsp3) is 0.100. The van der Waals surface area contributed by atoms with Crippen molar-refractivity contribution in [1.29, 1.82) is 0 Å². The highest BCUT2D eigenvalue weighted by atomic mass is 16.5. The standard InChI is InChI=1S/C10H10N2O4/c1-16-8(13)3-2-6-4-7(11)9(10(14)15)12-5-6/h2-5H,11H2,1H3,(H,14,15). The first-order chi connectivity index (χ1) is 7.54. The topological polar surface area (TPSA) is 103 Å². The predicted molar refractivity (Wildman–Crippen MR) is 56.7 cm³/mol. The summed E-state index contributed by atoms with van der Waals surface area (Å²) in [6.07, 6.45) is 3.93. The van der Waals surface area contributed by atoms with E-state index in [9.17, 15) is 9.59 Å². The number of anilines is 1. The zero-order valence-corrected chi connectivity index (χ0v) is 8.51. The second kappa shape index (κ2) is 4.92. The van der Waals surface area contributed by atoms with Crippen molar-refractivity contribution in [2.24, 2.45) is 0 Å². The maximum absolute atomic E-state index is 10.8. The zero-order valence-electron chi connectivity index (χ0n) is 8.51. The number of carboxylic acids is 1. The van der Waals surface area contributed by atoms with Crippen molar-refractivity contribution in [3.05, 3.63) is 29.6 Å². The molecule has 1 aromatic heterocycles. The second-order valence-electron chi connectivity index (χ2n) is 2.87. The molecular formula is C10H10N2O4. The minimum Gasteiger partial charge on any atom is -0.476 e. The molecule has 16 heavy (non-hydrogen) atoms. The van der Waals surface area contributed by atoms with Crippen LogP contribution in [0.3, 0.4) is 0 Å².